The van der Waals surface area contributed by atoms with E-state index in [9.17, 15) is 0 Å². The SMILES string of the molecule is COc1scc(I)c1C(C)(C)C. The van der Waals surface area contributed by atoms with Crippen LogP contribution in [0, 0.1) is 3.57 Å². The van der Waals surface area contributed by atoms with Crippen LogP contribution in [0.2, 0.25) is 0 Å². The highest BCUT2D eigenvalue weighted by Gasteiger charge is 2.23. The van der Waals surface area contributed by atoms with E-state index in [4.69, 9.17) is 4.74 Å². The quantitative estimate of drug-likeness (QED) is 0.719. The first-order chi connectivity index (χ1) is 5.46. The van der Waals surface area contributed by atoms with Crippen molar-refractivity contribution in [2.75, 3.05) is 7.11 Å². The third-order valence-electron chi connectivity index (χ3n) is 1.65. The van der Waals surface area contributed by atoms with Gasteiger partial charge in [0, 0.05) is 14.5 Å². The number of rotatable bonds is 1. The molecule has 68 valence electrons. The molecular formula is C9H13IOS. The Morgan fingerprint density at radius 1 is 1.42 bits per heavy atom. The van der Waals surface area contributed by atoms with Crippen molar-refractivity contribution in [3.8, 4) is 5.06 Å². The molecule has 0 fully saturated rings. The van der Waals surface area contributed by atoms with Crippen molar-refractivity contribution in [1.82, 2.24) is 0 Å². The van der Waals surface area contributed by atoms with Gasteiger partial charge in [-0.1, -0.05) is 20.8 Å². The van der Waals surface area contributed by atoms with E-state index in [1.165, 1.54) is 9.13 Å². The minimum absolute atomic E-state index is 0.182. The Bertz CT molecular complexity index is 273. The number of hydrogen-bond acceptors (Lipinski definition) is 2. The van der Waals surface area contributed by atoms with Crippen LogP contribution < -0.4 is 4.74 Å². The summed E-state index contributed by atoms with van der Waals surface area (Å²) in [5.41, 5.74) is 1.51. The second kappa shape index (κ2) is 3.54. The monoisotopic (exact) mass is 296 g/mol. The maximum Gasteiger partial charge on any atom is 0.178 e. The highest BCUT2D eigenvalue weighted by molar-refractivity contribution is 14.1. The fraction of sp³-hybridized carbons (Fsp3) is 0.556. The summed E-state index contributed by atoms with van der Waals surface area (Å²) in [7, 11) is 1.73. The zero-order valence-electron chi connectivity index (χ0n) is 7.77. The minimum Gasteiger partial charge on any atom is -0.487 e. The molecule has 0 atom stereocenters. The molecule has 0 amide bonds. The first-order valence-corrected chi connectivity index (χ1v) is 5.74. The van der Waals surface area contributed by atoms with Crippen molar-refractivity contribution >= 4 is 33.9 Å². The normalized spacial score (nSPS) is 11.8. The van der Waals surface area contributed by atoms with Gasteiger partial charge in [-0.15, -0.1) is 11.3 Å². The summed E-state index contributed by atoms with van der Waals surface area (Å²) in [5, 5.41) is 3.19. The topological polar surface area (TPSA) is 9.23 Å². The van der Waals surface area contributed by atoms with Crippen LogP contribution in [0.3, 0.4) is 0 Å². The third-order valence-corrected chi connectivity index (χ3v) is 3.86. The molecular weight excluding hydrogens is 283 g/mol. The van der Waals surface area contributed by atoms with Crippen LogP contribution in [-0.2, 0) is 5.41 Å². The molecule has 0 saturated carbocycles. The van der Waals surface area contributed by atoms with Crippen LogP contribution in [0.5, 0.6) is 5.06 Å². The van der Waals surface area contributed by atoms with Crippen molar-refractivity contribution in [3.63, 3.8) is 0 Å². The number of methoxy groups -OCH3 is 1. The molecule has 1 rings (SSSR count). The molecule has 0 aromatic carbocycles. The van der Waals surface area contributed by atoms with E-state index in [0.717, 1.165) is 5.06 Å². The van der Waals surface area contributed by atoms with Gasteiger partial charge in [0.1, 0.15) is 0 Å². The number of hydrogen-bond donors (Lipinski definition) is 0. The molecule has 1 aromatic rings. The van der Waals surface area contributed by atoms with Gasteiger partial charge in [0.05, 0.1) is 7.11 Å². The van der Waals surface area contributed by atoms with E-state index in [2.05, 4.69) is 48.7 Å². The van der Waals surface area contributed by atoms with Crippen molar-refractivity contribution in [1.29, 1.82) is 0 Å². The van der Waals surface area contributed by atoms with E-state index in [0.29, 0.717) is 0 Å². The van der Waals surface area contributed by atoms with Crippen molar-refractivity contribution in [2.24, 2.45) is 0 Å². The lowest BCUT2D eigenvalue weighted by Crippen LogP contribution is -2.12. The summed E-state index contributed by atoms with van der Waals surface area (Å²) in [4.78, 5) is 0. The smallest absolute Gasteiger partial charge is 0.178 e. The highest BCUT2D eigenvalue weighted by atomic mass is 127. The standard InChI is InChI=1S/C9H13IOS/c1-9(2,3)7-6(10)5-12-8(7)11-4/h5H,1-4H3. The van der Waals surface area contributed by atoms with Crippen molar-refractivity contribution in [3.05, 3.63) is 14.5 Å². The molecule has 12 heavy (non-hydrogen) atoms. The van der Waals surface area contributed by atoms with Gasteiger partial charge in [-0.3, -0.25) is 0 Å². The van der Waals surface area contributed by atoms with Crippen LogP contribution in [0.25, 0.3) is 0 Å². The van der Waals surface area contributed by atoms with E-state index >= 15 is 0 Å². The lowest BCUT2D eigenvalue weighted by atomic mass is 9.89. The molecule has 0 aliphatic heterocycles. The summed E-state index contributed by atoms with van der Waals surface area (Å²) >= 11 is 4.03. The lowest BCUT2D eigenvalue weighted by molar-refractivity contribution is 0.410. The molecule has 1 aromatic heterocycles. The maximum absolute atomic E-state index is 5.31. The summed E-state index contributed by atoms with van der Waals surface area (Å²) in [6.45, 7) is 6.62. The Kier molecular flexibility index (Phi) is 3.04. The van der Waals surface area contributed by atoms with Gasteiger partial charge in [0.25, 0.3) is 0 Å². The van der Waals surface area contributed by atoms with Crippen LogP contribution in [-0.4, -0.2) is 7.11 Å². The minimum atomic E-state index is 0.182. The van der Waals surface area contributed by atoms with Crippen molar-refractivity contribution < 1.29 is 4.74 Å². The third kappa shape index (κ3) is 1.93. The summed E-state index contributed by atoms with van der Waals surface area (Å²) in [6, 6.07) is 0. The fourth-order valence-electron chi connectivity index (χ4n) is 1.14. The molecule has 1 heterocycles. The van der Waals surface area contributed by atoms with Gasteiger partial charge in [0.15, 0.2) is 5.06 Å². The molecule has 0 saturated heterocycles. The largest absolute Gasteiger partial charge is 0.487 e. The highest BCUT2D eigenvalue weighted by Crippen LogP contribution is 2.39. The van der Waals surface area contributed by atoms with Crippen LogP contribution in [0.15, 0.2) is 5.38 Å². The zero-order chi connectivity index (χ0) is 9.35. The summed E-state index contributed by atoms with van der Waals surface area (Å²) in [5.74, 6) is 0. The second-order valence-electron chi connectivity index (χ2n) is 3.70. The Morgan fingerprint density at radius 3 is 2.33 bits per heavy atom. The Morgan fingerprint density at radius 2 is 2.00 bits per heavy atom. The lowest BCUT2D eigenvalue weighted by Gasteiger charge is -2.19. The van der Waals surface area contributed by atoms with Gasteiger partial charge in [-0.25, -0.2) is 0 Å². The molecule has 0 aliphatic rings. The molecule has 0 aliphatic carbocycles. The van der Waals surface area contributed by atoms with Crippen LogP contribution in [0.1, 0.15) is 26.3 Å². The second-order valence-corrected chi connectivity index (χ2v) is 5.70. The van der Waals surface area contributed by atoms with Gasteiger partial charge < -0.3 is 4.74 Å². The van der Waals surface area contributed by atoms with Gasteiger partial charge in [0.2, 0.25) is 0 Å². The maximum atomic E-state index is 5.31. The van der Waals surface area contributed by atoms with E-state index in [1.807, 2.05) is 0 Å². The Balaban J connectivity index is 3.19. The molecule has 0 bridgehead atoms. The molecule has 3 heteroatoms. The molecule has 1 nitrogen and oxygen atoms in total. The summed E-state index contributed by atoms with van der Waals surface area (Å²) < 4.78 is 6.61. The first-order valence-electron chi connectivity index (χ1n) is 3.78. The number of thiophene rings is 1. The fourth-order valence-corrected chi connectivity index (χ4v) is 3.71. The molecule has 0 radical (unpaired) electrons. The first kappa shape index (κ1) is 10.3. The Hall–Kier alpha value is 0.230. The predicted octanol–water partition coefficient (Wildman–Crippen LogP) is 3.66. The number of halogens is 1. The van der Waals surface area contributed by atoms with Gasteiger partial charge in [-0.2, -0.15) is 0 Å². The summed E-state index contributed by atoms with van der Waals surface area (Å²) in [6.07, 6.45) is 0. The van der Waals surface area contributed by atoms with Gasteiger partial charge in [-0.05, 0) is 28.0 Å². The van der Waals surface area contributed by atoms with E-state index < -0.39 is 0 Å². The van der Waals surface area contributed by atoms with Crippen molar-refractivity contribution in [2.45, 2.75) is 26.2 Å². The number of ether oxygens (including phenoxy) is 1. The van der Waals surface area contributed by atoms with Crippen LogP contribution >= 0.6 is 33.9 Å². The average molecular weight is 296 g/mol. The molecule has 0 spiro atoms. The zero-order valence-corrected chi connectivity index (χ0v) is 10.7. The van der Waals surface area contributed by atoms with Crippen LogP contribution in [0.4, 0.5) is 0 Å². The average Bonchev–Trinajstić information content (AvgIpc) is 2.29. The molecule has 0 N–H and O–H groups in total. The van der Waals surface area contributed by atoms with Gasteiger partial charge >= 0.3 is 0 Å². The Labute approximate surface area is 91.3 Å². The van der Waals surface area contributed by atoms with E-state index in [-0.39, 0.29) is 5.41 Å². The molecule has 0 unspecified atom stereocenters. The predicted molar refractivity (Wildman–Crippen MR) is 62.3 cm³/mol. The van der Waals surface area contributed by atoms with E-state index in [1.54, 1.807) is 18.4 Å².